The van der Waals surface area contributed by atoms with Crippen LogP contribution < -0.4 is 0 Å². The minimum absolute atomic E-state index is 0.330. The number of carbonyl (C=O) groups is 1. The van der Waals surface area contributed by atoms with Crippen molar-refractivity contribution in [2.24, 2.45) is 0 Å². The van der Waals surface area contributed by atoms with Crippen LogP contribution in [0, 0.1) is 13.8 Å². The second-order valence-electron chi connectivity index (χ2n) is 3.88. The molecule has 1 heterocycles. The van der Waals surface area contributed by atoms with E-state index in [0.717, 1.165) is 20.6 Å². The Morgan fingerprint density at radius 1 is 1.39 bits per heavy atom. The van der Waals surface area contributed by atoms with Crippen molar-refractivity contribution in [1.29, 1.82) is 0 Å². The molecule has 0 aliphatic carbocycles. The Morgan fingerprint density at radius 3 is 2.78 bits per heavy atom. The van der Waals surface area contributed by atoms with Gasteiger partial charge in [-0.2, -0.15) is 0 Å². The Bertz CT molecular complexity index is 607. The highest BCUT2D eigenvalue weighted by atomic mass is 79.9. The molecule has 0 bridgehead atoms. The molecule has 0 amide bonds. The predicted molar refractivity (Wildman–Crippen MR) is 76.1 cm³/mol. The number of thiazole rings is 1. The lowest BCUT2D eigenvalue weighted by Crippen LogP contribution is -1.99. The molecule has 0 fully saturated rings. The first-order chi connectivity index (χ1) is 8.52. The number of ether oxygens (including phenoxy) is 1. The number of halogens is 1. The molecule has 1 aromatic carbocycles. The predicted octanol–water partition coefficient (Wildman–Crippen LogP) is 3.98. The number of aryl methyl sites for hydroxylation is 2. The maximum Gasteiger partial charge on any atom is 0.349 e. The van der Waals surface area contributed by atoms with Gasteiger partial charge in [-0.05, 0) is 31.5 Å². The molecule has 0 radical (unpaired) electrons. The van der Waals surface area contributed by atoms with Gasteiger partial charge in [-0.1, -0.05) is 22.0 Å². The molecule has 0 saturated heterocycles. The van der Waals surface area contributed by atoms with Crippen LogP contribution in [0.25, 0.3) is 10.6 Å². The first-order valence-electron chi connectivity index (χ1n) is 5.35. The van der Waals surface area contributed by atoms with Crippen molar-refractivity contribution in [3.05, 3.63) is 38.8 Å². The van der Waals surface area contributed by atoms with Crippen molar-refractivity contribution >= 4 is 33.2 Å². The van der Waals surface area contributed by atoms with Gasteiger partial charge in [-0.25, -0.2) is 9.78 Å². The van der Waals surface area contributed by atoms with Crippen LogP contribution in [0.5, 0.6) is 0 Å². The third kappa shape index (κ3) is 2.47. The molecule has 0 unspecified atom stereocenters. The van der Waals surface area contributed by atoms with Gasteiger partial charge >= 0.3 is 5.97 Å². The Kier molecular flexibility index (Phi) is 3.82. The van der Waals surface area contributed by atoms with E-state index in [2.05, 4.69) is 20.9 Å². The van der Waals surface area contributed by atoms with Crippen LogP contribution in [0.15, 0.2) is 22.7 Å². The molecule has 5 heteroatoms. The zero-order chi connectivity index (χ0) is 13.3. The Labute approximate surface area is 118 Å². The number of carbonyl (C=O) groups excluding carboxylic acids is 1. The van der Waals surface area contributed by atoms with Gasteiger partial charge in [0.05, 0.1) is 12.8 Å². The number of benzene rings is 1. The van der Waals surface area contributed by atoms with E-state index in [-0.39, 0.29) is 5.97 Å². The lowest BCUT2D eigenvalue weighted by molar-refractivity contribution is 0.0605. The highest BCUT2D eigenvalue weighted by Crippen LogP contribution is 2.32. The number of methoxy groups -OCH3 is 1. The zero-order valence-corrected chi connectivity index (χ0v) is 12.7. The number of aromatic nitrogens is 1. The number of esters is 1. The second kappa shape index (κ2) is 5.20. The molecule has 18 heavy (non-hydrogen) atoms. The van der Waals surface area contributed by atoms with Crippen LogP contribution in [0.4, 0.5) is 0 Å². The van der Waals surface area contributed by atoms with Crippen LogP contribution in [0.1, 0.15) is 20.9 Å². The van der Waals surface area contributed by atoms with Crippen LogP contribution in [-0.2, 0) is 4.74 Å². The summed E-state index contributed by atoms with van der Waals surface area (Å²) in [4.78, 5) is 16.6. The van der Waals surface area contributed by atoms with E-state index in [1.165, 1.54) is 18.4 Å². The van der Waals surface area contributed by atoms with Gasteiger partial charge in [0.15, 0.2) is 0 Å². The fourth-order valence-electron chi connectivity index (χ4n) is 1.62. The Hall–Kier alpha value is -1.20. The summed E-state index contributed by atoms with van der Waals surface area (Å²) in [5.41, 5.74) is 2.87. The van der Waals surface area contributed by atoms with Gasteiger partial charge in [-0.15, -0.1) is 11.3 Å². The minimum Gasteiger partial charge on any atom is -0.465 e. The molecule has 0 aliphatic heterocycles. The van der Waals surface area contributed by atoms with Crippen LogP contribution in [-0.4, -0.2) is 18.1 Å². The van der Waals surface area contributed by atoms with Crippen molar-refractivity contribution in [3.63, 3.8) is 0 Å². The highest BCUT2D eigenvalue weighted by Gasteiger charge is 2.17. The largest absolute Gasteiger partial charge is 0.465 e. The van der Waals surface area contributed by atoms with Gasteiger partial charge in [0.25, 0.3) is 0 Å². The molecule has 0 N–H and O–H groups in total. The first-order valence-corrected chi connectivity index (χ1v) is 6.96. The van der Waals surface area contributed by atoms with Crippen LogP contribution >= 0.6 is 27.3 Å². The highest BCUT2D eigenvalue weighted by molar-refractivity contribution is 9.10. The average Bonchev–Trinajstić information content (AvgIpc) is 2.73. The number of hydrogen-bond donors (Lipinski definition) is 0. The molecular formula is C13H12BrNO2S. The van der Waals surface area contributed by atoms with Gasteiger partial charge in [0, 0.05) is 10.0 Å². The van der Waals surface area contributed by atoms with Gasteiger partial charge in [-0.3, -0.25) is 0 Å². The molecule has 94 valence electrons. The standard InChI is InChI=1S/C13H12BrNO2S/c1-7-4-5-9(14)6-10(7)12-15-8(2)11(18-12)13(16)17-3/h4-6H,1-3H3. The molecule has 0 aliphatic rings. The van der Waals surface area contributed by atoms with Crippen molar-refractivity contribution in [2.75, 3.05) is 7.11 Å². The van der Waals surface area contributed by atoms with Gasteiger partial charge in [0.2, 0.25) is 0 Å². The van der Waals surface area contributed by atoms with Crippen molar-refractivity contribution in [3.8, 4) is 10.6 Å². The van der Waals surface area contributed by atoms with Gasteiger partial charge in [0.1, 0.15) is 9.88 Å². The van der Waals surface area contributed by atoms with E-state index < -0.39 is 0 Å². The molecule has 3 nitrogen and oxygen atoms in total. The van der Waals surface area contributed by atoms with Crippen LogP contribution in [0.3, 0.4) is 0 Å². The smallest absolute Gasteiger partial charge is 0.349 e. The summed E-state index contributed by atoms with van der Waals surface area (Å²) < 4.78 is 5.74. The van der Waals surface area contributed by atoms with Crippen molar-refractivity contribution < 1.29 is 9.53 Å². The summed E-state index contributed by atoms with van der Waals surface area (Å²) in [6.45, 7) is 3.84. The third-order valence-corrected chi connectivity index (χ3v) is 4.26. The van der Waals surface area contributed by atoms with E-state index in [1.807, 2.05) is 32.0 Å². The molecule has 2 aromatic rings. The molecule has 0 saturated carbocycles. The summed E-state index contributed by atoms with van der Waals surface area (Å²) in [6, 6.07) is 6.02. The molecule has 2 rings (SSSR count). The molecular weight excluding hydrogens is 314 g/mol. The normalized spacial score (nSPS) is 10.4. The molecule has 1 aromatic heterocycles. The van der Waals surface area contributed by atoms with E-state index in [1.54, 1.807) is 0 Å². The SMILES string of the molecule is COC(=O)c1sc(-c2cc(Br)ccc2C)nc1C. The lowest BCUT2D eigenvalue weighted by atomic mass is 10.1. The van der Waals surface area contributed by atoms with E-state index in [0.29, 0.717) is 10.6 Å². The summed E-state index contributed by atoms with van der Waals surface area (Å²) in [5.74, 6) is -0.330. The van der Waals surface area contributed by atoms with Crippen molar-refractivity contribution in [2.45, 2.75) is 13.8 Å². The molecule has 0 spiro atoms. The van der Waals surface area contributed by atoms with E-state index in [4.69, 9.17) is 4.74 Å². The Balaban J connectivity index is 2.52. The van der Waals surface area contributed by atoms with E-state index >= 15 is 0 Å². The Morgan fingerprint density at radius 2 is 2.11 bits per heavy atom. The minimum atomic E-state index is -0.330. The zero-order valence-electron chi connectivity index (χ0n) is 10.3. The topological polar surface area (TPSA) is 39.2 Å². The number of hydrogen-bond acceptors (Lipinski definition) is 4. The number of nitrogens with zero attached hydrogens (tertiary/aromatic N) is 1. The number of rotatable bonds is 2. The van der Waals surface area contributed by atoms with Gasteiger partial charge < -0.3 is 4.74 Å². The summed E-state index contributed by atoms with van der Waals surface area (Å²) in [6.07, 6.45) is 0. The quantitative estimate of drug-likeness (QED) is 0.784. The summed E-state index contributed by atoms with van der Waals surface area (Å²) in [7, 11) is 1.38. The second-order valence-corrected chi connectivity index (χ2v) is 5.80. The summed E-state index contributed by atoms with van der Waals surface area (Å²) in [5, 5.41) is 0.840. The average molecular weight is 326 g/mol. The monoisotopic (exact) mass is 325 g/mol. The molecule has 0 atom stereocenters. The fraction of sp³-hybridized carbons (Fsp3) is 0.231. The lowest BCUT2D eigenvalue weighted by Gasteiger charge is -2.02. The van der Waals surface area contributed by atoms with Crippen LogP contribution in [0.2, 0.25) is 0 Å². The van der Waals surface area contributed by atoms with E-state index in [9.17, 15) is 4.79 Å². The maximum atomic E-state index is 11.6. The third-order valence-electron chi connectivity index (χ3n) is 2.60. The first kappa shape index (κ1) is 13.2. The maximum absolute atomic E-state index is 11.6. The fourth-order valence-corrected chi connectivity index (χ4v) is 3.05. The summed E-state index contributed by atoms with van der Waals surface area (Å²) >= 11 is 4.81. The van der Waals surface area contributed by atoms with Crippen molar-refractivity contribution in [1.82, 2.24) is 4.98 Å².